The molecule has 6 nitrogen and oxygen atoms in total. The van der Waals surface area contributed by atoms with Gasteiger partial charge in [-0.2, -0.15) is 19.2 Å². The van der Waals surface area contributed by atoms with E-state index in [9.17, 15) is 0 Å². The molecule has 1 heterocycles. The number of carbonyl (C=O) groups excluding carboxylic acids is 4. The summed E-state index contributed by atoms with van der Waals surface area (Å²) in [6.45, 7) is 9.90. The highest BCUT2D eigenvalue weighted by atomic mass is 16.2. The first-order chi connectivity index (χ1) is 17.4. The van der Waals surface area contributed by atoms with Gasteiger partial charge in [-0.05, 0) is 73.2 Å². The predicted octanol–water partition coefficient (Wildman–Crippen LogP) is 6.24. The normalized spacial score (nSPS) is 14.5. The zero-order valence-corrected chi connectivity index (χ0v) is 21.2. The van der Waals surface area contributed by atoms with Crippen LogP contribution in [0.25, 0.3) is 0 Å². The van der Waals surface area contributed by atoms with Crippen molar-refractivity contribution in [3.05, 3.63) is 107 Å². The Bertz CT molecular complexity index is 1210. The zero-order chi connectivity index (χ0) is 26.5. The van der Waals surface area contributed by atoms with Crippen LogP contribution in [0.2, 0.25) is 0 Å². The van der Waals surface area contributed by atoms with E-state index in [1.807, 2.05) is 0 Å². The third-order valence-corrected chi connectivity index (χ3v) is 6.07. The maximum absolute atomic E-state index is 8.12. The molecule has 0 aliphatic carbocycles. The van der Waals surface area contributed by atoms with Gasteiger partial charge in [0, 0.05) is 23.6 Å². The van der Waals surface area contributed by atoms with Gasteiger partial charge in [-0.3, -0.25) is 0 Å². The molecule has 3 aromatic carbocycles. The Kier molecular flexibility index (Phi) is 11.1. The minimum absolute atomic E-state index is 0.125. The third-order valence-electron chi connectivity index (χ3n) is 6.07. The second-order valence-electron chi connectivity index (χ2n) is 8.38. The molecule has 0 fully saturated rings. The molecule has 1 unspecified atom stereocenters. The van der Waals surface area contributed by atoms with E-state index in [0.29, 0.717) is 0 Å². The van der Waals surface area contributed by atoms with E-state index < -0.39 is 0 Å². The first kappa shape index (κ1) is 28.0. The van der Waals surface area contributed by atoms with Crippen LogP contribution in [-0.2, 0) is 19.2 Å². The maximum atomic E-state index is 8.12. The number of allylic oxidation sites excluding steroid dienone is 1. The van der Waals surface area contributed by atoms with Crippen molar-refractivity contribution in [2.75, 3.05) is 16.3 Å². The molecule has 1 aliphatic heterocycles. The molecular weight excluding hydrogens is 452 g/mol. The van der Waals surface area contributed by atoms with E-state index in [1.165, 1.54) is 39.3 Å². The molecule has 1 atom stereocenters. The van der Waals surface area contributed by atoms with Crippen molar-refractivity contribution >= 4 is 23.7 Å². The highest BCUT2D eigenvalue weighted by Crippen LogP contribution is 2.42. The summed E-state index contributed by atoms with van der Waals surface area (Å²) in [7, 11) is 0. The number of rotatable bonds is 5. The van der Waals surface area contributed by atoms with Crippen molar-refractivity contribution in [1.29, 1.82) is 0 Å². The first-order valence-corrected chi connectivity index (χ1v) is 11.9. The van der Waals surface area contributed by atoms with Gasteiger partial charge >= 0.3 is 12.3 Å². The maximum Gasteiger partial charge on any atom is 0.373 e. The first-order valence-electron chi connectivity index (χ1n) is 11.9. The summed E-state index contributed by atoms with van der Waals surface area (Å²) in [4.78, 5) is 37.6. The van der Waals surface area contributed by atoms with Gasteiger partial charge in [0.2, 0.25) is 0 Å². The van der Waals surface area contributed by atoms with Crippen LogP contribution in [0, 0.1) is 13.8 Å². The summed E-state index contributed by atoms with van der Waals surface area (Å²) in [5.74, 6) is 0. The summed E-state index contributed by atoms with van der Waals surface area (Å²) in [6.07, 6.45) is 2.72. The molecular formula is C30H32N2O4. The van der Waals surface area contributed by atoms with Gasteiger partial charge in [0.15, 0.2) is 0 Å². The Hall–Kier alpha value is -4.24. The quantitative estimate of drug-likeness (QED) is 0.427. The molecule has 36 heavy (non-hydrogen) atoms. The lowest BCUT2D eigenvalue weighted by molar-refractivity contribution is -0.193. The highest BCUT2D eigenvalue weighted by Gasteiger charge is 2.35. The topological polar surface area (TPSA) is 74.8 Å². The number of hydrogen-bond acceptors (Lipinski definition) is 6. The Morgan fingerprint density at radius 2 is 1.25 bits per heavy atom. The lowest BCUT2D eigenvalue weighted by Gasteiger charge is -2.48. The second kappa shape index (κ2) is 14.2. The SMILES string of the molecule is CCC1=C(CC)N(c2cccc(C)c2)C(c2ccccc2)N(c2cccc(C)c2)C1.O=C=O.O=C=O. The van der Waals surface area contributed by atoms with Crippen molar-refractivity contribution in [3.63, 3.8) is 0 Å². The minimum Gasteiger partial charge on any atom is -0.343 e. The molecule has 6 heteroatoms. The molecule has 0 bridgehead atoms. The van der Waals surface area contributed by atoms with Crippen LogP contribution in [0.5, 0.6) is 0 Å². The minimum atomic E-state index is 0.125. The van der Waals surface area contributed by atoms with Gasteiger partial charge in [0.05, 0.1) is 0 Å². The Morgan fingerprint density at radius 1 is 0.722 bits per heavy atom. The van der Waals surface area contributed by atoms with Crippen LogP contribution in [-0.4, -0.2) is 18.8 Å². The average molecular weight is 485 g/mol. The molecule has 0 saturated carbocycles. The lowest BCUT2D eigenvalue weighted by Crippen LogP contribution is -2.47. The molecule has 186 valence electrons. The summed E-state index contributed by atoms with van der Waals surface area (Å²) < 4.78 is 0. The Balaban J connectivity index is 0.000000693. The number of aryl methyl sites for hydroxylation is 2. The van der Waals surface area contributed by atoms with Crippen LogP contribution >= 0.6 is 0 Å². The van der Waals surface area contributed by atoms with E-state index in [2.05, 4.69) is 116 Å². The second-order valence-corrected chi connectivity index (χ2v) is 8.38. The van der Waals surface area contributed by atoms with E-state index in [0.717, 1.165) is 19.4 Å². The number of anilines is 2. The lowest BCUT2D eigenvalue weighted by atomic mass is 9.97. The standard InChI is InChI=1S/C28H32N2.2CO2/c1-5-23-20-29(25-16-10-12-21(3)18-25)28(24-14-8-7-9-15-24)30(27(23)6-2)26-17-11-13-22(4)19-26;2*2-1-3/h7-19,28H,5-6,20H2,1-4H3;;. The summed E-state index contributed by atoms with van der Waals surface area (Å²) in [5.41, 5.74) is 9.44. The van der Waals surface area contributed by atoms with E-state index >= 15 is 0 Å². The van der Waals surface area contributed by atoms with E-state index in [-0.39, 0.29) is 18.5 Å². The fraction of sp³-hybridized carbons (Fsp3) is 0.267. The third kappa shape index (κ3) is 6.89. The fourth-order valence-corrected chi connectivity index (χ4v) is 4.65. The Morgan fingerprint density at radius 3 is 1.75 bits per heavy atom. The number of nitrogens with zero attached hydrogens (tertiary/aromatic N) is 2. The van der Waals surface area contributed by atoms with Crippen molar-refractivity contribution in [3.8, 4) is 0 Å². The molecule has 3 aromatic rings. The van der Waals surface area contributed by atoms with Crippen molar-refractivity contribution in [2.24, 2.45) is 0 Å². The fourth-order valence-electron chi connectivity index (χ4n) is 4.65. The molecule has 4 rings (SSSR count). The largest absolute Gasteiger partial charge is 0.373 e. The molecule has 0 aromatic heterocycles. The van der Waals surface area contributed by atoms with Gasteiger partial charge in [-0.25, -0.2) is 0 Å². The summed E-state index contributed by atoms with van der Waals surface area (Å²) >= 11 is 0. The van der Waals surface area contributed by atoms with Crippen LogP contribution in [0.15, 0.2) is 90.1 Å². The molecule has 0 radical (unpaired) electrons. The van der Waals surface area contributed by atoms with Gasteiger partial charge < -0.3 is 9.80 Å². The molecule has 0 spiro atoms. The average Bonchev–Trinajstić information content (AvgIpc) is 2.89. The summed E-state index contributed by atoms with van der Waals surface area (Å²) in [5, 5.41) is 0. The summed E-state index contributed by atoms with van der Waals surface area (Å²) in [6, 6.07) is 28.8. The van der Waals surface area contributed by atoms with E-state index in [4.69, 9.17) is 19.2 Å². The number of benzene rings is 3. The van der Waals surface area contributed by atoms with Gasteiger partial charge in [-0.15, -0.1) is 0 Å². The van der Waals surface area contributed by atoms with Crippen LogP contribution < -0.4 is 9.80 Å². The molecule has 0 N–H and O–H groups in total. The van der Waals surface area contributed by atoms with Crippen LogP contribution in [0.1, 0.15) is 49.5 Å². The molecule has 0 amide bonds. The van der Waals surface area contributed by atoms with Crippen molar-refractivity contribution in [2.45, 2.75) is 46.7 Å². The predicted molar refractivity (Wildman–Crippen MR) is 139 cm³/mol. The highest BCUT2D eigenvalue weighted by molar-refractivity contribution is 5.64. The van der Waals surface area contributed by atoms with Crippen LogP contribution in [0.3, 0.4) is 0 Å². The monoisotopic (exact) mass is 484 g/mol. The molecule has 0 saturated heterocycles. The van der Waals surface area contributed by atoms with Crippen molar-refractivity contribution < 1.29 is 19.2 Å². The van der Waals surface area contributed by atoms with Crippen LogP contribution in [0.4, 0.5) is 11.4 Å². The van der Waals surface area contributed by atoms with E-state index in [1.54, 1.807) is 0 Å². The Labute approximate surface area is 212 Å². The van der Waals surface area contributed by atoms with Gasteiger partial charge in [-0.1, -0.05) is 68.4 Å². The van der Waals surface area contributed by atoms with Gasteiger partial charge in [0.1, 0.15) is 6.17 Å². The molecule has 1 aliphatic rings. The number of hydrogen-bond donors (Lipinski definition) is 0. The zero-order valence-electron chi connectivity index (χ0n) is 21.2. The van der Waals surface area contributed by atoms with Gasteiger partial charge in [0.25, 0.3) is 0 Å². The smallest absolute Gasteiger partial charge is 0.343 e. The van der Waals surface area contributed by atoms with Crippen molar-refractivity contribution in [1.82, 2.24) is 0 Å².